The molecule has 0 unspecified atom stereocenters. The molecule has 5 nitrogen and oxygen atoms in total. The van der Waals surface area contributed by atoms with E-state index < -0.39 is 0 Å². The molecular formula is C19H22O5. The second kappa shape index (κ2) is 8.36. The molecule has 0 spiro atoms. The first kappa shape index (κ1) is 17.8. The molecule has 0 N–H and O–H groups in total. The van der Waals surface area contributed by atoms with Crippen LogP contribution in [-0.4, -0.2) is 33.6 Å². The number of esters is 1. The number of hydrogen-bond donors (Lipinski definition) is 0. The molecule has 0 radical (unpaired) electrons. The van der Waals surface area contributed by atoms with Gasteiger partial charge in [0.05, 0.1) is 13.7 Å². The van der Waals surface area contributed by atoms with Crippen LogP contribution in [0.4, 0.5) is 0 Å². The Morgan fingerprint density at radius 3 is 2.71 bits per heavy atom. The second-order valence-corrected chi connectivity index (χ2v) is 5.13. The van der Waals surface area contributed by atoms with Crippen LogP contribution in [-0.2, 0) is 14.3 Å². The van der Waals surface area contributed by atoms with Crippen molar-refractivity contribution in [3.63, 3.8) is 0 Å². The van der Waals surface area contributed by atoms with Gasteiger partial charge >= 0.3 is 5.97 Å². The average Bonchev–Trinajstić information content (AvgIpc) is 2.58. The molecule has 0 aliphatic heterocycles. The largest absolute Gasteiger partial charge is 0.493 e. The molecule has 128 valence electrons. The average molecular weight is 330 g/mol. The molecule has 0 atom stereocenters. The molecule has 5 heteroatoms. The quantitative estimate of drug-likeness (QED) is 0.440. The van der Waals surface area contributed by atoms with Gasteiger partial charge in [-0.1, -0.05) is 18.2 Å². The Morgan fingerprint density at radius 2 is 2.04 bits per heavy atom. The molecule has 0 aliphatic carbocycles. The summed E-state index contributed by atoms with van der Waals surface area (Å²) in [6, 6.07) is 7.78. The summed E-state index contributed by atoms with van der Waals surface area (Å²) in [4.78, 5) is 11.6. The van der Waals surface area contributed by atoms with Gasteiger partial charge in [-0.05, 0) is 42.5 Å². The number of carbonyl (C=O) groups excluding carboxylic acids is 1. The van der Waals surface area contributed by atoms with Crippen molar-refractivity contribution in [3.05, 3.63) is 41.5 Å². The molecule has 2 aromatic carbocycles. The highest BCUT2D eigenvalue weighted by Crippen LogP contribution is 2.40. The van der Waals surface area contributed by atoms with E-state index in [1.807, 2.05) is 31.2 Å². The van der Waals surface area contributed by atoms with Gasteiger partial charge in [-0.15, -0.1) is 0 Å². The number of aryl methyl sites for hydroxylation is 1. The summed E-state index contributed by atoms with van der Waals surface area (Å²) in [6.45, 7) is 4.24. The fourth-order valence-corrected chi connectivity index (χ4v) is 2.52. The van der Waals surface area contributed by atoms with E-state index in [-0.39, 0.29) is 12.8 Å². The molecule has 0 saturated heterocycles. The number of ether oxygens (including phenoxy) is 4. The summed E-state index contributed by atoms with van der Waals surface area (Å²) in [5.74, 6) is 0.829. The topological polar surface area (TPSA) is 54.0 Å². The lowest BCUT2D eigenvalue weighted by Gasteiger charge is -2.16. The Kier molecular flexibility index (Phi) is 6.21. The van der Waals surface area contributed by atoms with Crippen molar-refractivity contribution in [2.75, 3.05) is 27.6 Å². The van der Waals surface area contributed by atoms with Crippen molar-refractivity contribution in [3.8, 4) is 11.5 Å². The van der Waals surface area contributed by atoms with Crippen molar-refractivity contribution in [1.29, 1.82) is 0 Å². The van der Waals surface area contributed by atoms with E-state index in [0.29, 0.717) is 18.1 Å². The van der Waals surface area contributed by atoms with E-state index in [1.54, 1.807) is 27.2 Å². The normalized spacial score (nSPS) is 11.0. The molecule has 0 aliphatic rings. The number of carbonyl (C=O) groups is 1. The third kappa shape index (κ3) is 3.86. The summed E-state index contributed by atoms with van der Waals surface area (Å²) < 4.78 is 21.1. The van der Waals surface area contributed by atoms with Gasteiger partial charge in [-0.2, -0.15) is 0 Å². The lowest BCUT2D eigenvalue weighted by Crippen LogP contribution is -2.03. The molecule has 0 heterocycles. The monoisotopic (exact) mass is 330 g/mol. The molecule has 2 aromatic rings. The van der Waals surface area contributed by atoms with Crippen LogP contribution in [0.3, 0.4) is 0 Å². The Balaban J connectivity index is 2.61. The fraction of sp³-hybridized carbons (Fsp3) is 0.316. The van der Waals surface area contributed by atoms with Gasteiger partial charge in [0, 0.05) is 18.6 Å². The Labute approximate surface area is 141 Å². The maximum Gasteiger partial charge on any atom is 0.330 e. The zero-order valence-corrected chi connectivity index (χ0v) is 14.4. The van der Waals surface area contributed by atoms with Crippen molar-refractivity contribution in [2.45, 2.75) is 13.8 Å². The van der Waals surface area contributed by atoms with Crippen LogP contribution in [0.5, 0.6) is 11.5 Å². The summed E-state index contributed by atoms with van der Waals surface area (Å²) >= 11 is 0. The summed E-state index contributed by atoms with van der Waals surface area (Å²) in [5.41, 5.74) is 1.90. The zero-order chi connectivity index (χ0) is 17.5. The highest BCUT2D eigenvalue weighted by molar-refractivity contribution is 6.01. The van der Waals surface area contributed by atoms with E-state index in [1.165, 1.54) is 6.08 Å². The van der Waals surface area contributed by atoms with E-state index in [4.69, 9.17) is 18.9 Å². The first-order valence-electron chi connectivity index (χ1n) is 7.69. The number of methoxy groups -OCH3 is 2. The zero-order valence-electron chi connectivity index (χ0n) is 14.4. The van der Waals surface area contributed by atoms with Crippen LogP contribution in [0.1, 0.15) is 18.1 Å². The van der Waals surface area contributed by atoms with Crippen molar-refractivity contribution in [2.24, 2.45) is 0 Å². The highest BCUT2D eigenvalue weighted by atomic mass is 16.7. The maximum atomic E-state index is 11.6. The van der Waals surface area contributed by atoms with Crippen LogP contribution in [0.15, 0.2) is 30.3 Å². The molecular weight excluding hydrogens is 308 g/mol. The van der Waals surface area contributed by atoms with Crippen LogP contribution < -0.4 is 9.47 Å². The number of benzene rings is 2. The van der Waals surface area contributed by atoms with Gasteiger partial charge in [0.1, 0.15) is 0 Å². The lowest BCUT2D eigenvalue weighted by molar-refractivity contribution is -0.137. The highest BCUT2D eigenvalue weighted by Gasteiger charge is 2.15. The molecule has 0 bridgehead atoms. The summed E-state index contributed by atoms with van der Waals surface area (Å²) in [6.07, 6.45) is 3.14. The van der Waals surface area contributed by atoms with Gasteiger partial charge in [0.15, 0.2) is 18.3 Å². The van der Waals surface area contributed by atoms with E-state index in [2.05, 4.69) is 0 Å². The third-order valence-corrected chi connectivity index (χ3v) is 3.55. The first-order valence-corrected chi connectivity index (χ1v) is 7.69. The Morgan fingerprint density at radius 1 is 1.25 bits per heavy atom. The molecule has 24 heavy (non-hydrogen) atoms. The lowest BCUT2D eigenvalue weighted by atomic mass is 9.98. The van der Waals surface area contributed by atoms with Crippen LogP contribution in [0.2, 0.25) is 0 Å². The van der Waals surface area contributed by atoms with E-state index >= 15 is 0 Å². The molecule has 0 saturated carbocycles. The fourth-order valence-electron chi connectivity index (χ4n) is 2.52. The smallest absolute Gasteiger partial charge is 0.330 e. The molecule has 0 aromatic heterocycles. The number of fused-ring (bicyclic) bond motifs is 1. The second-order valence-electron chi connectivity index (χ2n) is 5.13. The van der Waals surface area contributed by atoms with Crippen molar-refractivity contribution < 1.29 is 23.7 Å². The van der Waals surface area contributed by atoms with Gasteiger partial charge in [0.25, 0.3) is 0 Å². The van der Waals surface area contributed by atoms with Gasteiger partial charge < -0.3 is 18.9 Å². The minimum absolute atomic E-state index is 0.123. The van der Waals surface area contributed by atoms with Gasteiger partial charge in [-0.3, -0.25) is 0 Å². The third-order valence-electron chi connectivity index (χ3n) is 3.55. The first-order chi connectivity index (χ1) is 11.6. The van der Waals surface area contributed by atoms with E-state index in [9.17, 15) is 4.79 Å². The van der Waals surface area contributed by atoms with Crippen LogP contribution in [0.25, 0.3) is 16.8 Å². The number of rotatable bonds is 7. The van der Waals surface area contributed by atoms with Crippen LogP contribution in [0, 0.1) is 6.92 Å². The number of hydrogen-bond acceptors (Lipinski definition) is 5. The van der Waals surface area contributed by atoms with Gasteiger partial charge in [-0.25, -0.2) is 4.79 Å². The molecule has 2 rings (SSSR count). The molecule has 0 fully saturated rings. The maximum absolute atomic E-state index is 11.6. The Hall–Kier alpha value is -2.53. The predicted molar refractivity (Wildman–Crippen MR) is 93.4 cm³/mol. The summed E-state index contributed by atoms with van der Waals surface area (Å²) in [5, 5.41) is 1.89. The van der Waals surface area contributed by atoms with Gasteiger partial charge in [0.2, 0.25) is 0 Å². The van der Waals surface area contributed by atoms with E-state index in [0.717, 1.165) is 21.9 Å². The summed E-state index contributed by atoms with van der Waals surface area (Å²) in [7, 11) is 3.15. The minimum Gasteiger partial charge on any atom is -0.493 e. The Bertz CT molecular complexity index is 749. The molecule has 0 amide bonds. The standard InChI is InChI=1S/C19H22O5/c1-5-23-17(20)10-9-14-11-16(22-4)19(24-12-21-3)18-13(2)7-6-8-15(14)18/h6-11H,5,12H2,1-4H3/b10-9-. The minimum atomic E-state index is -0.378. The SMILES string of the molecule is CCOC(=O)/C=C\c1cc(OC)c(OCOC)c2c(C)cccc12. The predicted octanol–water partition coefficient (Wildman–Crippen LogP) is 3.72. The van der Waals surface area contributed by atoms with Crippen molar-refractivity contribution >= 4 is 22.8 Å². The van der Waals surface area contributed by atoms with Crippen molar-refractivity contribution in [1.82, 2.24) is 0 Å². The van der Waals surface area contributed by atoms with Crippen LogP contribution >= 0.6 is 0 Å².